The highest BCUT2D eigenvalue weighted by Crippen LogP contribution is 2.26. The number of benzene rings is 2. The third-order valence-electron chi connectivity index (χ3n) is 5.06. The molecule has 15 heteroatoms. The van der Waals surface area contributed by atoms with Gasteiger partial charge < -0.3 is 20.9 Å². The van der Waals surface area contributed by atoms with Crippen molar-refractivity contribution in [3.05, 3.63) is 84.7 Å². The minimum Gasteiger partial charge on any atom is -0.475 e. The molecule has 0 aliphatic carbocycles. The molecule has 0 saturated carbocycles. The number of hydrogen-bond donors (Lipinski definition) is 4. The van der Waals surface area contributed by atoms with Crippen molar-refractivity contribution in [1.29, 1.82) is 0 Å². The number of anilines is 3. The van der Waals surface area contributed by atoms with Crippen molar-refractivity contribution in [2.45, 2.75) is 19.6 Å². The first-order valence-corrected chi connectivity index (χ1v) is 13.5. The summed E-state index contributed by atoms with van der Waals surface area (Å²) >= 11 is 0. The quantitative estimate of drug-likeness (QED) is 0.214. The maximum atomic E-state index is 11.6. The fourth-order valence-electron chi connectivity index (χ4n) is 3.08. The van der Waals surface area contributed by atoms with Gasteiger partial charge in [-0.15, -0.1) is 0 Å². The molecule has 0 bridgehead atoms. The fraction of sp³-hybridized carbons (Fsp3) is 0.154. The van der Waals surface area contributed by atoms with Crippen LogP contribution in [0.1, 0.15) is 12.6 Å². The SMILES string of the molecule is CCS(=O)(=O)NCc1cc(Oc2ccc(Nc3cc(-c4ccccc4)nc(N)n3)cc2)ccn1.O=C(O)C(F)(F)F. The molecular formula is C26H25F3N6O5S. The standard InChI is InChI=1S/C24H24N6O3S.C2HF3O2/c1-2-34(31,32)27-16-19-14-21(12-13-26-19)33-20-10-8-18(9-11-20)28-23-15-22(29-24(25)30-23)17-6-4-3-5-7-17;3-2(4,5)1(6)7/h3-15,27H,2,16H2,1H3,(H3,25,28,29,30);(H,6,7). The molecule has 11 nitrogen and oxygen atoms in total. The number of aliphatic carboxylic acids is 1. The molecule has 0 aliphatic heterocycles. The Bertz CT molecular complexity index is 1570. The van der Waals surface area contributed by atoms with Gasteiger partial charge >= 0.3 is 12.1 Å². The summed E-state index contributed by atoms with van der Waals surface area (Å²) in [5.74, 6) is -0.820. The van der Waals surface area contributed by atoms with Gasteiger partial charge in [-0.25, -0.2) is 22.9 Å². The third kappa shape index (κ3) is 10.1. The van der Waals surface area contributed by atoms with Crippen LogP contribution in [0.3, 0.4) is 0 Å². The van der Waals surface area contributed by atoms with Crippen LogP contribution in [0, 0.1) is 0 Å². The number of pyridine rings is 1. The minimum absolute atomic E-state index is 0.0126. The minimum atomic E-state index is -5.08. The number of ether oxygens (including phenoxy) is 1. The molecule has 0 aliphatic rings. The Hall–Kier alpha value is -4.76. The topological polar surface area (TPSA) is 169 Å². The lowest BCUT2D eigenvalue weighted by molar-refractivity contribution is -0.192. The molecule has 0 amide bonds. The van der Waals surface area contributed by atoms with E-state index in [9.17, 15) is 21.6 Å². The smallest absolute Gasteiger partial charge is 0.475 e. The van der Waals surface area contributed by atoms with E-state index in [1.165, 1.54) is 0 Å². The molecule has 0 unspecified atom stereocenters. The zero-order chi connectivity index (χ0) is 30.0. The first kappa shape index (κ1) is 30.8. The van der Waals surface area contributed by atoms with Gasteiger partial charge in [-0.1, -0.05) is 30.3 Å². The number of nitrogens with one attached hydrogen (secondary N) is 2. The zero-order valence-electron chi connectivity index (χ0n) is 21.5. The van der Waals surface area contributed by atoms with Crippen molar-refractivity contribution in [2.24, 2.45) is 0 Å². The second kappa shape index (κ2) is 13.5. The largest absolute Gasteiger partial charge is 0.490 e. The molecule has 4 rings (SSSR count). The lowest BCUT2D eigenvalue weighted by atomic mass is 10.1. The number of sulfonamides is 1. The molecule has 0 radical (unpaired) electrons. The van der Waals surface area contributed by atoms with Gasteiger partial charge in [0.05, 0.1) is 23.7 Å². The van der Waals surface area contributed by atoms with Crippen LogP contribution in [-0.4, -0.2) is 46.4 Å². The number of carboxylic acids is 1. The van der Waals surface area contributed by atoms with Crippen LogP contribution >= 0.6 is 0 Å². The van der Waals surface area contributed by atoms with E-state index in [0.717, 1.165) is 16.9 Å². The highest BCUT2D eigenvalue weighted by molar-refractivity contribution is 7.89. The molecule has 0 fully saturated rings. The fourth-order valence-corrected chi connectivity index (χ4v) is 3.65. The Morgan fingerprint density at radius 3 is 2.27 bits per heavy atom. The number of rotatable bonds is 9. The number of nitrogen functional groups attached to an aromatic ring is 1. The molecule has 0 spiro atoms. The van der Waals surface area contributed by atoms with Crippen LogP contribution in [0.15, 0.2) is 79.0 Å². The van der Waals surface area contributed by atoms with Crippen LogP contribution in [0.2, 0.25) is 0 Å². The first-order chi connectivity index (χ1) is 19.3. The summed E-state index contributed by atoms with van der Waals surface area (Å²) in [5.41, 5.74) is 8.93. The van der Waals surface area contributed by atoms with Gasteiger partial charge in [0.2, 0.25) is 16.0 Å². The summed E-state index contributed by atoms with van der Waals surface area (Å²) in [7, 11) is -3.30. The van der Waals surface area contributed by atoms with Gasteiger partial charge in [0.25, 0.3) is 0 Å². The highest BCUT2D eigenvalue weighted by atomic mass is 32.2. The van der Waals surface area contributed by atoms with Gasteiger partial charge in [-0.3, -0.25) is 4.98 Å². The van der Waals surface area contributed by atoms with E-state index in [4.69, 9.17) is 20.4 Å². The molecule has 216 valence electrons. The average molecular weight is 591 g/mol. The summed E-state index contributed by atoms with van der Waals surface area (Å²) in [6.07, 6.45) is -3.51. The third-order valence-corrected chi connectivity index (χ3v) is 6.40. The molecule has 2 aromatic heterocycles. The Balaban J connectivity index is 0.000000587. The Labute approximate surface area is 233 Å². The maximum Gasteiger partial charge on any atom is 0.490 e. The molecule has 0 saturated heterocycles. The summed E-state index contributed by atoms with van der Waals surface area (Å²) in [6, 6.07) is 22.3. The second-order valence-electron chi connectivity index (χ2n) is 8.12. The van der Waals surface area contributed by atoms with E-state index in [1.54, 1.807) is 25.3 Å². The van der Waals surface area contributed by atoms with Gasteiger partial charge in [0.15, 0.2) is 0 Å². The number of nitrogens with zero attached hydrogens (tertiary/aromatic N) is 3. The van der Waals surface area contributed by atoms with Crippen molar-refractivity contribution in [3.63, 3.8) is 0 Å². The van der Waals surface area contributed by atoms with Crippen LogP contribution < -0.4 is 20.5 Å². The van der Waals surface area contributed by atoms with Gasteiger partial charge in [0.1, 0.15) is 17.3 Å². The van der Waals surface area contributed by atoms with Crippen LogP contribution in [0.5, 0.6) is 11.5 Å². The molecule has 2 aromatic carbocycles. The molecule has 0 atom stereocenters. The van der Waals surface area contributed by atoms with E-state index < -0.39 is 22.2 Å². The summed E-state index contributed by atoms with van der Waals surface area (Å²) < 4.78 is 63.4. The molecule has 41 heavy (non-hydrogen) atoms. The van der Waals surface area contributed by atoms with E-state index >= 15 is 0 Å². The second-order valence-corrected chi connectivity index (χ2v) is 10.2. The monoisotopic (exact) mass is 590 g/mol. The number of carbonyl (C=O) groups is 1. The molecule has 2 heterocycles. The van der Waals surface area contributed by atoms with Crippen molar-refractivity contribution < 1.29 is 36.2 Å². The van der Waals surface area contributed by atoms with Crippen LogP contribution in [-0.2, 0) is 21.4 Å². The number of hydrogen-bond acceptors (Lipinski definition) is 9. The van der Waals surface area contributed by atoms with Crippen molar-refractivity contribution in [3.8, 4) is 22.8 Å². The molecule has 4 aromatic rings. The van der Waals surface area contributed by atoms with Crippen LogP contribution in [0.4, 0.5) is 30.6 Å². The predicted octanol–water partition coefficient (Wildman–Crippen LogP) is 4.73. The predicted molar refractivity (Wildman–Crippen MR) is 146 cm³/mol. The zero-order valence-corrected chi connectivity index (χ0v) is 22.3. The Morgan fingerprint density at radius 2 is 1.66 bits per heavy atom. The van der Waals surface area contributed by atoms with E-state index in [-0.39, 0.29) is 18.2 Å². The number of alkyl halides is 3. The number of aromatic nitrogens is 3. The number of nitrogens with two attached hydrogens (primary N) is 1. The van der Waals surface area contributed by atoms with Crippen molar-refractivity contribution in [2.75, 3.05) is 16.8 Å². The average Bonchev–Trinajstić information content (AvgIpc) is 2.93. The highest BCUT2D eigenvalue weighted by Gasteiger charge is 2.38. The Morgan fingerprint density at radius 1 is 1.00 bits per heavy atom. The lowest BCUT2D eigenvalue weighted by Gasteiger charge is -2.11. The van der Waals surface area contributed by atoms with E-state index in [2.05, 4.69) is 25.0 Å². The first-order valence-electron chi connectivity index (χ1n) is 11.8. The van der Waals surface area contributed by atoms with E-state index in [0.29, 0.717) is 23.0 Å². The van der Waals surface area contributed by atoms with Crippen molar-refractivity contribution in [1.82, 2.24) is 19.7 Å². The summed E-state index contributed by atoms with van der Waals surface area (Å²) in [5, 5.41) is 10.4. The molecule has 5 N–H and O–H groups in total. The summed E-state index contributed by atoms with van der Waals surface area (Å²) in [6.45, 7) is 1.68. The van der Waals surface area contributed by atoms with Crippen molar-refractivity contribution >= 4 is 33.4 Å². The normalized spacial score (nSPS) is 11.2. The maximum absolute atomic E-state index is 11.6. The summed E-state index contributed by atoms with van der Waals surface area (Å²) in [4.78, 5) is 21.6. The molecular weight excluding hydrogens is 565 g/mol. The van der Waals surface area contributed by atoms with Gasteiger partial charge in [-0.05, 0) is 37.3 Å². The van der Waals surface area contributed by atoms with Gasteiger partial charge in [-0.2, -0.15) is 18.2 Å². The van der Waals surface area contributed by atoms with Crippen LogP contribution in [0.25, 0.3) is 11.3 Å². The number of carboxylic acid groups (broad SMARTS) is 1. The van der Waals surface area contributed by atoms with Gasteiger partial charge in [0, 0.05) is 29.6 Å². The Kier molecular flexibility index (Phi) is 10.2. The number of halogens is 3. The van der Waals surface area contributed by atoms with E-state index in [1.807, 2.05) is 60.7 Å². The lowest BCUT2D eigenvalue weighted by Crippen LogP contribution is -2.25.